The van der Waals surface area contributed by atoms with Crippen molar-refractivity contribution in [2.24, 2.45) is 0 Å². The second kappa shape index (κ2) is 7.25. The standard InChI is InChI=1S/C23H22N4O2S/c1-13-5-6-15(10-14(13)2)18-12-30-23(25-18)26-21(28)16-7-8-19-17(11-16)24-22(29)20-4-3-9-27(19)20/h5-8,10-12,20H,3-4,9H2,1-2H3,(H,24,29)(H,25,26,28)/t20-/m0/s1. The highest BCUT2D eigenvalue weighted by atomic mass is 32.1. The zero-order chi connectivity index (χ0) is 20.8. The summed E-state index contributed by atoms with van der Waals surface area (Å²) in [5.41, 5.74) is 6.50. The largest absolute Gasteiger partial charge is 0.358 e. The van der Waals surface area contributed by atoms with E-state index in [9.17, 15) is 9.59 Å². The summed E-state index contributed by atoms with van der Waals surface area (Å²) in [7, 11) is 0. The fraction of sp³-hybridized carbons (Fsp3) is 0.261. The van der Waals surface area contributed by atoms with E-state index in [1.54, 1.807) is 12.1 Å². The van der Waals surface area contributed by atoms with Gasteiger partial charge in [0.25, 0.3) is 5.91 Å². The van der Waals surface area contributed by atoms with E-state index in [-0.39, 0.29) is 17.9 Å². The van der Waals surface area contributed by atoms with Crippen molar-refractivity contribution in [3.05, 3.63) is 58.5 Å². The second-order valence-electron chi connectivity index (χ2n) is 7.86. The van der Waals surface area contributed by atoms with Crippen LogP contribution in [0, 0.1) is 13.8 Å². The number of nitrogens with one attached hydrogen (secondary N) is 2. The molecule has 2 N–H and O–H groups in total. The molecular formula is C23H22N4O2S. The maximum absolute atomic E-state index is 12.8. The van der Waals surface area contributed by atoms with Crippen molar-refractivity contribution in [2.75, 3.05) is 22.1 Å². The van der Waals surface area contributed by atoms with E-state index in [0.717, 1.165) is 36.3 Å². The molecule has 1 atom stereocenters. The summed E-state index contributed by atoms with van der Waals surface area (Å²) in [4.78, 5) is 31.8. The van der Waals surface area contributed by atoms with Crippen LogP contribution in [0.25, 0.3) is 11.3 Å². The van der Waals surface area contributed by atoms with Crippen LogP contribution in [-0.2, 0) is 4.79 Å². The van der Waals surface area contributed by atoms with Crippen molar-refractivity contribution < 1.29 is 9.59 Å². The minimum absolute atomic E-state index is 0.00974. The molecule has 7 heteroatoms. The summed E-state index contributed by atoms with van der Waals surface area (Å²) in [5.74, 6) is -0.230. The van der Waals surface area contributed by atoms with Gasteiger partial charge in [0.05, 0.1) is 17.1 Å². The summed E-state index contributed by atoms with van der Waals surface area (Å²) in [6.07, 6.45) is 1.88. The number of carbonyl (C=O) groups is 2. The lowest BCUT2D eigenvalue weighted by molar-refractivity contribution is -0.117. The monoisotopic (exact) mass is 418 g/mol. The van der Waals surface area contributed by atoms with Gasteiger partial charge in [0.15, 0.2) is 5.13 Å². The number of rotatable bonds is 3. The van der Waals surface area contributed by atoms with Gasteiger partial charge < -0.3 is 10.2 Å². The summed E-state index contributed by atoms with van der Waals surface area (Å²) < 4.78 is 0. The highest BCUT2D eigenvalue weighted by Crippen LogP contribution is 2.37. The molecule has 1 aromatic heterocycles. The first-order valence-corrected chi connectivity index (χ1v) is 10.9. The van der Waals surface area contributed by atoms with Gasteiger partial charge in [-0.1, -0.05) is 12.1 Å². The molecule has 2 aromatic carbocycles. The van der Waals surface area contributed by atoms with Crippen molar-refractivity contribution >= 4 is 39.7 Å². The van der Waals surface area contributed by atoms with Crippen molar-refractivity contribution in [1.29, 1.82) is 0 Å². The molecule has 5 rings (SSSR count). The number of aryl methyl sites for hydroxylation is 2. The summed E-state index contributed by atoms with van der Waals surface area (Å²) >= 11 is 1.40. The molecule has 3 heterocycles. The number of hydrogen-bond acceptors (Lipinski definition) is 5. The van der Waals surface area contributed by atoms with E-state index >= 15 is 0 Å². The number of nitrogens with zero attached hydrogens (tertiary/aromatic N) is 2. The fourth-order valence-corrected chi connectivity index (χ4v) is 4.82. The van der Waals surface area contributed by atoms with Crippen molar-refractivity contribution in [3.8, 4) is 11.3 Å². The highest BCUT2D eigenvalue weighted by molar-refractivity contribution is 7.14. The average molecular weight is 419 g/mol. The van der Waals surface area contributed by atoms with Crippen LogP contribution in [0.3, 0.4) is 0 Å². The number of carbonyl (C=O) groups excluding carboxylic acids is 2. The van der Waals surface area contributed by atoms with Gasteiger partial charge >= 0.3 is 0 Å². The normalized spacial score (nSPS) is 17.3. The zero-order valence-electron chi connectivity index (χ0n) is 16.9. The third-order valence-corrected chi connectivity index (χ3v) is 6.67. The van der Waals surface area contributed by atoms with Crippen molar-refractivity contribution in [3.63, 3.8) is 0 Å². The molecule has 0 saturated carbocycles. The average Bonchev–Trinajstić information content (AvgIpc) is 3.40. The van der Waals surface area contributed by atoms with E-state index in [1.807, 2.05) is 17.5 Å². The molecule has 1 fully saturated rings. The Morgan fingerprint density at radius 2 is 2.07 bits per heavy atom. The van der Waals surface area contributed by atoms with E-state index in [0.29, 0.717) is 16.4 Å². The van der Waals surface area contributed by atoms with Gasteiger partial charge in [-0.05, 0) is 62.1 Å². The quantitative estimate of drug-likeness (QED) is 0.652. The van der Waals surface area contributed by atoms with Crippen LogP contribution in [-0.4, -0.2) is 29.4 Å². The number of thiazole rings is 1. The van der Waals surface area contributed by atoms with Gasteiger partial charge in [-0.2, -0.15) is 0 Å². The van der Waals surface area contributed by atoms with E-state index in [1.165, 1.54) is 22.5 Å². The van der Waals surface area contributed by atoms with E-state index in [2.05, 4.69) is 46.5 Å². The highest BCUT2D eigenvalue weighted by Gasteiger charge is 2.36. The SMILES string of the molecule is Cc1ccc(-c2csc(NC(=O)c3ccc4c(c3)NC(=O)[C@@H]3CCCN43)n2)cc1C. The topological polar surface area (TPSA) is 74.3 Å². The third kappa shape index (κ3) is 3.25. The maximum Gasteiger partial charge on any atom is 0.257 e. The molecule has 0 aliphatic carbocycles. The first-order chi connectivity index (χ1) is 14.5. The Hall–Kier alpha value is -3.19. The number of anilines is 3. The Kier molecular flexibility index (Phi) is 4.55. The summed E-state index contributed by atoms with van der Waals surface area (Å²) in [6, 6.07) is 11.6. The van der Waals surface area contributed by atoms with Crippen LogP contribution >= 0.6 is 11.3 Å². The second-order valence-corrected chi connectivity index (χ2v) is 8.72. The fourth-order valence-electron chi connectivity index (χ4n) is 4.11. The molecule has 2 aliphatic heterocycles. The molecule has 0 spiro atoms. The predicted molar refractivity (Wildman–Crippen MR) is 120 cm³/mol. The molecule has 0 bridgehead atoms. The first kappa shape index (κ1) is 18.8. The molecule has 2 aliphatic rings. The lowest BCUT2D eigenvalue weighted by atomic mass is 10.1. The summed E-state index contributed by atoms with van der Waals surface area (Å²) in [6.45, 7) is 5.03. The lowest BCUT2D eigenvalue weighted by Crippen LogP contribution is -2.43. The molecule has 3 aromatic rings. The van der Waals surface area contributed by atoms with Crippen molar-refractivity contribution in [1.82, 2.24) is 4.98 Å². The van der Waals surface area contributed by atoms with E-state index < -0.39 is 0 Å². The molecular weight excluding hydrogens is 396 g/mol. The van der Waals surface area contributed by atoms with Gasteiger partial charge in [-0.15, -0.1) is 11.3 Å². The molecule has 152 valence electrons. The van der Waals surface area contributed by atoms with Crippen LogP contribution < -0.4 is 15.5 Å². The van der Waals surface area contributed by atoms with Crippen LogP contribution in [0.15, 0.2) is 41.8 Å². The number of aromatic nitrogens is 1. The zero-order valence-corrected chi connectivity index (χ0v) is 17.7. The number of hydrogen-bond donors (Lipinski definition) is 2. The number of benzene rings is 2. The molecule has 0 radical (unpaired) electrons. The van der Waals surface area contributed by atoms with Crippen LogP contribution in [0.2, 0.25) is 0 Å². The number of amides is 2. The molecule has 6 nitrogen and oxygen atoms in total. The Morgan fingerprint density at radius 1 is 1.20 bits per heavy atom. The van der Waals surface area contributed by atoms with Gasteiger partial charge in [-0.3, -0.25) is 14.9 Å². The van der Waals surface area contributed by atoms with Gasteiger partial charge in [0.1, 0.15) is 6.04 Å². The molecule has 0 unspecified atom stereocenters. The van der Waals surface area contributed by atoms with Gasteiger partial charge in [0.2, 0.25) is 5.91 Å². The minimum atomic E-state index is -0.239. The van der Waals surface area contributed by atoms with Gasteiger partial charge in [-0.25, -0.2) is 4.98 Å². The minimum Gasteiger partial charge on any atom is -0.358 e. The molecule has 1 saturated heterocycles. The predicted octanol–water partition coefficient (Wildman–Crippen LogP) is 4.60. The van der Waals surface area contributed by atoms with E-state index in [4.69, 9.17) is 0 Å². The van der Waals surface area contributed by atoms with Crippen LogP contribution in [0.5, 0.6) is 0 Å². The van der Waals surface area contributed by atoms with Crippen molar-refractivity contribution in [2.45, 2.75) is 32.7 Å². The first-order valence-electron chi connectivity index (χ1n) is 10.1. The smallest absolute Gasteiger partial charge is 0.257 e. The summed E-state index contributed by atoms with van der Waals surface area (Å²) in [5, 5.41) is 8.33. The Morgan fingerprint density at radius 3 is 2.90 bits per heavy atom. The Balaban J connectivity index is 1.35. The third-order valence-electron chi connectivity index (χ3n) is 5.91. The van der Waals surface area contributed by atoms with Crippen LogP contribution in [0.4, 0.5) is 16.5 Å². The molecule has 30 heavy (non-hydrogen) atoms. The maximum atomic E-state index is 12.8. The lowest BCUT2D eigenvalue weighted by Gasteiger charge is -2.33. The molecule has 2 amide bonds. The number of fused-ring (bicyclic) bond motifs is 3. The Labute approximate surface area is 178 Å². The Bertz CT molecular complexity index is 1170. The van der Waals surface area contributed by atoms with Gasteiger partial charge in [0, 0.05) is 23.1 Å². The van der Waals surface area contributed by atoms with Crippen LogP contribution in [0.1, 0.15) is 34.3 Å².